The van der Waals surface area contributed by atoms with Gasteiger partial charge in [-0.05, 0) is 31.1 Å². The van der Waals surface area contributed by atoms with Gasteiger partial charge in [0.1, 0.15) is 6.33 Å². The molecule has 1 aliphatic rings. The van der Waals surface area contributed by atoms with E-state index in [0.29, 0.717) is 6.04 Å². The van der Waals surface area contributed by atoms with E-state index in [1.165, 1.54) is 32.1 Å². The molecule has 2 unspecified atom stereocenters. The summed E-state index contributed by atoms with van der Waals surface area (Å²) in [5.41, 5.74) is 0. The van der Waals surface area contributed by atoms with E-state index in [2.05, 4.69) is 29.2 Å². The van der Waals surface area contributed by atoms with E-state index < -0.39 is 0 Å². The molecule has 1 fully saturated rings. The monoisotopic (exact) mass is 264 g/mol. The van der Waals surface area contributed by atoms with Crippen LogP contribution < -0.4 is 5.32 Å². The summed E-state index contributed by atoms with van der Waals surface area (Å²) in [5, 5.41) is 8.01. The molecule has 108 valence electrons. The van der Waals surface area contributed by atoms with E-state index in [1.807, 2.05) is 7.05 Å². The summed E-state index contributed by atoms with van der Waals surface area (Å²) in [6.45, 7) is 5.68. The lowest BCUT2D eigenvalue weighted by Crippen LogP contribution is -2.35. The van der Waals surface area contributed by atoms with E-state index in [4.69, 9.17) is 0 Å². The van der Waals surface area contributed by atoms with Gasteiger partial charge >= 0.3 is 0 Å². The Labute approximate surface area is 117 Å². The summed E-state index contributed by atoms with van der Waals surface area (Å²) >= 11 is 0. The van der Waals surface area contributed by atoms with E-state index in [0.717, 1.165) is 30.6 Å². The molecule has 1 aromatic heterocycles. The molecule has 2 atom stereocenters. The minimum Gasteiger partial charge on any atom is -0.314 e. The van der Waals surface area contributed by atoms with Gasteiger partial charge < -0.3 is 5.32 Å². The van der Waals surface area contributed by atoms with Crippen molar-refractivity contribution < 1.29 is 0 Å². The first-order chi connectivity index (χ1) is 9.13. The number of aryl methyl sites for hydroxylation is 1. The van der Waals surface area contributed by atoms with Gasteiger partial charge in [-0.25, -0.2) is 4.98 Å². The first-order valence-electron chi connectivity index (χ1n) is 7.71. The Bertz CT molecular complexity index is 372. The fourth-order valence-electron chi connectivity index (χ4n) is 3.24. The topological polar surface area (TPSA) is 42.7 Å². The number of aromatic nitrogens is 3. The van der Waals surface area contributed by atoms with Crippen LogP contribution in [-0.2, 0) is 13.5 Å². The third-order valence-corrected chi connectivity index (χ3v) is 4.02. The lowest BCUT2D eigenvalue weighted by molar-refractivity contribution is 0.253. The number of nitrogens with zero attached hydrogens (tertiary/aromatic N) is 3. The van der Waals surface area contributed by atoms with Crippen molar-refractivity contribution in [3.05, 3.63) is 12.2 Å². The summed E-state index contributed by atoms with van der Waals surface area (Å²) in [5.74, 6) is 2.71. The van der Waals surface area contributed by atoms with Crippen LogP contribution >= 0.6 is 0 Å². The van der Waals surface area contributed by atoms with Crippen molar-refractivity contribution in [2.45, 2.75) is 58.4 Å². The van der Waals surface area contributed by atoms with E-state index in [-0.39, 0.29) is 0 Å². The molecule has 2 rings (SSSR count). The molecule has 4 heteroatoms. The Morgan fingerprint density at radius 3 is 2.95 bits per heavy atom. The van der Waals surface area contributed by atoms with Crippen LogP contribution in [0.25, 0.3) is 0 Å². The summed E-state index contributed by atoms with van der Waals surface area (Å²) in [6.07, 6.45) is 9.61. The predicted octanol–water partition coefficient (Wildman–Crippen LogP) is 2.55. The maximum absolute atomic E-state index is 4.31. The van der Waals surface area contributed by atoms with Gasteiger partial charge in [0.2, 0.25) is 0 Å². The van der Waals surface area contributed by atoms with Crippen molar-refractivity contribution in [2.24, 2.45) is 18.9 Å². The number of nitrogens with one attached hydrogen (secondary N) is 1. The molecule has 0 amide bonds. The van der Waals surface area contributed by atoms with Crippen molar-refractivity contribution in [1.29, 1.82) is 0 Å². The van der Waals surface area contributed by atoms with Gasteiger partial charge in [0.05, 0.1) is 0 Å². The molecule has 4 nitrogen and oxygen atoms in total. The third kappa shape index (κ3) is 4.94. The largest absolute Gasteiger partial charge is 0.314 e. The molecule has 0 aromatic carbocycles. The predicted molar refractivity (Wildman–Crippen MR) is 77.9 cm³/mol. The Morgan fingerprint density at radius 2 is 2.26 bits per heavy atom. The van der Waals surface area contributed by atoms with Gasteiger partial charge in [-0.3, -0.25) is 4.68 Å². The van der Waals surface area contributed by atoms with Crippen molar-refractivity contribution in [2.75, 3.05) is 6.54 Å². The van der Waals surface area contributed by atoms with Crippen LogP contribution in [0, 0.1) is 11.8 Å². The summed E-state index contributed by atoms with van der Waals surface area (Å²) in [7, 11) is 1.92. The molecule has 1 aliphatic carbocycles. The minimum absolute atomic E-state index is 0.709. The maximum Gasteiger partial charge on any atom is 0.151 e. The first-order valence-corrected chi connectivity index (χ1v) is 7.71. The molecule has 1 heterocycles. The molecule has 0 radical (unpaired) electrons. The fourth-order valence-corrected chi connectivity index (χ4v) is 3.24. The zero-order chi connectivity index (χ0) is 13.7. The van der Waals surface area contributed by atoms with Gasteiger partial charge in [0, 0.05) is 26.1 Å². The highest BCUT2D eigenvalue weighted by Crippen LogP contribution is 2.29. The van der Waals surface area contributed by atoms with Crippen molar-refractivity contribution in [3.8, 4) is 0 Å². The highest BCUT2D eigenvalue weighted by molar-refractivity contribution is 4.84. The van der Waals surface area contributed by atoms with E-state index >= 15 is 0 Å². The minimum atomic E-state index is 0.709. The number of hydrogen-bond donors (Lipinski definition) is 1. The van der Waals surface area contributed by atoms with Crippen molar-refractivity contribution in [1.82, 2.24) is 20.1 Å². The molecule has 1 N–H and O–H groups in total. The Kier molecular flexibility index (Phi) is 5.37. The SMILES string of the molecule is CC(C)CC1CCCC(NCCc2ncn(C)n2)C1. The van der Waals surface area contributed by atoms with Gasteiger partial charge in [-0.1, -0.05) is 26.7 Å². The van der Waals surface area contributed by atoms with Crippen LogP contribution in [-0.4, -0.2) is 27.4 Å². The molecule has 1 aromatic rings. The molecule has 1 saturated carbocycles. The molecule has 0 spiro atoms. The Hall–Kier alpha value is -0.900. The standard InChI is InChI=1S/C15H28N4/c1-12(2)9-13-5-4-6-14(10-13)16-8-7-15-17-11-19(3)18-15/h11-14,16H,4-10H2,1-3H3. The fraction of sp³-hybridized carbons (Fsp3) is 0.867. The highest BCUT2D eigenvalue weighted by Gasteiger charge is 2.22. The smallest absolute Gasteiger partial charge is 0.151 e. The van der Waals surface area contributed by atoms with Gasteiger partial charge in [-0.15, -0.1) is 0 Å². The second-order valence-corrected chi connectivity index (χ2v) is 6.40. The summed E-state index contributed by atoms with van der Waals surface area (Å²) in [4.78, 5) is 4.26. The normalized spacial score (nSPS) is 24.0. The average molecular weight is 264 g/mol. The Morgan fingerprint density at radius 1 is 1.42 bits per heavy atom. The highest BCUT2D eigenvalue weighted by atomic mass is 15.3. The second-order valence-electron chi connectivity index (χ2n) is 6.40. The molecule has 19 heavy (non-hydrogen) atoms. The maximum atomic E-state index is 4.31. The molecule has 0 aliphatic heterocycles. The lowest BCUT2D eigenvalue weighted by Gasteiger charge is -2.30. The van der Waals surface area contributed by atoms with Crippen LogP contribution in [0.2, 0.25) is 0 Å². The van der Waals surface area contributed by atoms with E-state index in [9.17, 15) is 0 Å². The molecule has 0 saturated heterocycles. The number of rotatable bonds is 6. The third-order valence-electron chi connectivity index (χ3n) is 4.02. The molecular formula is C15H28N4. The zero-order valence-electron chi connectivity index (χ0n) is 12.6. The zero-order valence-corrected chi connectivity index (χ0v) is 12.6. The molecular weight excluding hydrogens is 236 g/mol. The summed E-state index contributed by atoms with van der Waals surface area (Å²) in [6, 6.07) is 0.709. The van der Waals surface area contributed by atoms with Crippen LogP contribution in [0.4, 0.5) is 0 Å². The summed E-state index contributed by atoms with van der Waals surface area (Å²) < 4.78 is 1.77. The van der Waals surface area contributed by atoms with Crippen LogP contribution in [0.5, 0.6) is 0 Å². The molecule has 0 bridgehead atoms. The van der Waals surface area contributed by atoms with Gasteiger partial charge in [0.15, 0.2) is 5.82 Å². The quantitative estimate of drug-likeness (QED) is 0.858. The van der Waals surface area contributed by atoms with Crippen molar-refractivity contribution >= 4 is 0 Å². The Balaban J connectivity index is 1.67. The van der Waals surface area contributed by atoms with Crippen molar-refractivity contribution in [3.63, 3.8) is 0 Å². The lowest BCUT2D eigenvalue weighted by atomic mass is 9.81. The van der Waals surface area contributed by atoms with E-state index in [1.54, 1.807) is 11.0 Å². The first kappa shape index (κ1) is 14.5. The van der Waals surface area contributed by atoms with Gasteiger partial charge in [0.25, 0.3) is 0 Å². The number of hydrogen-bond acceptors (Lipinski definition) is 3. The second kappa shape index (κ2) is 7.04. The van der Waals surface area contributed by atoms with Crippen LogP contribution in [0.1, 0.15) is 51.8 Å². The average Bonchev–Trinajstić information content (AvgIpc) is 2.75. The van der Waals surface area contributed by atoms with Gasteiger partial charge in [-0.2, -0.15) is 5.10 Å². The van der Waals surface area contributed by atoms with Crippen LogP contribution in [0.15, 0.2) is 6.33 Å². The van der Waals surface area contributed by atoms with Crippen LogP contribution in [0.3, 0.4) is 0 Å².